The van der Waals surface area contributed by atoms with Gasteiger partial charge in [-0.2, -0.15) is 0 Å². The van der Waals surface area contributed by atoms with Crippen molar-refractivity contribution in [3.05, 3.63) is 107 Å². The Kier molecular flexibility index (Phi) is 9.04. The molecule has 2 aliphatic heterocycles. The lowest BCUT2D eigenvalue weighted by Gasteiger charge is -2.39. The highest BCUT2D eigenvalue weighted by Crippen LogP contribution is 2.26. The molecule has 0 aliphatic carbocycles. The van der Waals surface area contributed by atoms with Crippen LogP contribution in [0.3, 0.4) is 0 Å². The predicted octanol–water partition coefficient (Wildman–Crippen LogP) is 3.17. The number of aromatic nitrogens is 2. The maximum absolute atomic E-state index is 14.7. The van der Waals surface area contributed by atoms with Crippen LogP contribution < -0.4 is 20.1 Å². The van der Waals surface area contributed by atoms with E-state index in [2.05, 4.69) is 20.6 Å². The Bertz CT molecular complexity index is 1850. The molecule has 3 amide bonds. The SMILES string of the molecule is COC(=O)c1cncc(C(=O)N2CC[C@@H]3Oc4cc(F)cc(c4)CNC(=O)COc4cccc(c4)-c4cncc(c4)C(=O)N[C@@H]3C2)c1. The average molecular weight is 640 g/mol. The summed E-state index contributed by atoms with van der Waals surface area (Å²) in [5, 5.41) is 5.71. The zero-order chi connectivity index (χ0) is 32.9. The molecule has 4 heterocycles. The maximum atomic E-state index is 14.7. The largest absolute Gasteiger partial charge is 0.488 e. The first-order valence-electron chi connectivity index (χ1n) is 14.8. The highest BCUT2D eigenvalue weighted by Gasteiger charge is 2.35. The lowest BCUT2D eigenvalue weighted by Crippen LogP contribution is -2.58. The number of fused-ring (bicyclic) bond motifs is 8. The van der Waals surface area contributed by atoms with Gasteiger partial charge < -0.3 is 29.7 Å². The Morgan fingerprint density at radius 3 is 2.60 bits per heavy atom. The van der Waals surface area contributed by atoms with Crippen LogP contribution in [0.5, 0.6) is 11.5 Å². The number of ether oxygens (including phenoxy) is 3. The molecule has 0 radical (unpaired) electrons. The molecule has 2 aromatic heterocycles. The monoisotopic (exact) mass is 639 g/mol. The van der Waals surface area contributed by atoms with Crippen LogP contribution >= 0.6 is 0 Å². The Hall–Kier alpha value is -5.85. The average Bonchev–Trinajstić information content (AvgIpc) is 3.09. The third-order valence-corrected chi connectivity index (χ3v) is 7.81. The fraction of sp³-hybridized carbons (Fsp3) is 0.235. The number of likely N-dealkylation sites (tertiary alicyclic amines) is 1. The van der Waals surface area contributed by atoms with Gasteiger partial charge in [0.05, 0.1) is 29.8 Å². The van der Waals surface area contributed by atoms with Crippen molar-refractivity contribution in [1.29, 1.82) is 0 Å². The molecule has 1 fully saturated rings. The number of piperidine rings is 1. The molecule has 240 valence electrons. The van der Waals surface area contributed by atoms with Crippen molar-refractivity contribution in [1.82, 2.24) is 25.5 Å². The number of hydrogen-bond donors (Lipinski definition) is 2. The number of pyridine rings is 2. The summed E-state index contributed by atoms with van der Waals surface area (Å²) in [4.78, 5) is 61.6. The number of esters is 1. The zero-order valence-electron chi connectivity index (χ0n) is 25.3. The number of carbonyl (C=O) groups excluding carboxylic acids is 4. The molecule has 0 spiro atoms. The van der Waals surface area contributed by atoms with Crippen LogP contribution in [0.2, 0.25) is 0 Å². The first-order chi connectivity index (χ1) is 22.7. The molecular formula is C34H30FN5O7. The molecule has 2 atom stereocenters. The fourth-order valence-electron chi connectivity index (χ4n) is 5.47. The van der Waals surface area contributed by atoms with E-state index in [1.165, 1.54) is 48.8 Å². The highest BCUT2D eigenvalue weighted by molar-refractivity contribution is 5.98. The number of carbonyl (C=O) groups is 4. The van der Waals surface area contributed by atoms with E-state index < -0.39 is 41.7 Å². The summed E-state index contributed by atoms with van der Waals surface area (Å²) >= 11 is 0. The van der Waals surface area contributed by atoms with Gasteiger partial charge >= 0.3 is 5.97 Å². The number of methoxy groups -OCH3 is 1. The first-order valence-corrected chi connectivity index (χ1v) is 14.8. The second-order valence-electron chi connectivity index (χ2n) is 11.1. The quantitative estimate of drug-likeness (QED) is 0.316. The van der Waals surface area contributed by atoms with E-state index in [1.54, 1.807) is 36.5 Å². The van der Waals surface area contributed by atoms with Crippen LogP contribution in [0.25, 0.3) is 11.1 Å². The molecule has 0 unspecified atom stereocenters. The van der Waals surface area contributed by atoms with Crippen molar-refractivity contribution < 1.29 is 37.8 Å². The summed E-state index contributed by atoms with van der Waals surface area (Å²) in [6.45, 7) is 0.0524. The Labute approximate surface area is 268 Å². The van der Waals surface area contributed by atoms with Gasteiger partial charge in [-0.25, -0.2) is 9.18 Å². The summed E-state index contributed by atoms with van der Waals surface area (Å²) in [7, 11) is 1.24. The Morgan fingerprint density at radius 2 is 1.74 bits per heavy atom. The van der Waals surface area contributed by atoms with Crippen molar-refractivity contribution >= 4 is 23.7 Å². The molecule has 0 saturated carbocycles. The van der Waals surface area contributed by atoms with Gasteiger partial charge in [0.1, 0.15) is 23.4 Å². The van der Waals surface area contributed by atoms with Gasteiger partial charge in [0.15, 0.2) is 6.61 Å². The number of amides is 3. The van der Waals surface area contributed by atoms with Gasteiger partial charge in [0, 0.05) is 62.5 Å². The van der Waals surface area contributed by atoms with Crippen molar-refractivity contribution in [3.8, 4) is 22.6 Å². The topological polar surface area (TPSA) is 149 Å². The van der Waals surface area contributed by atoms with Crippen LogP contribution in [-0.4, -0.2) is 77.5 Å². The van der Waals surface area contributed by atoms with E-state index >= 15 is 0 Å². The lowest BCUT2D eigenvalue weighted by molar-refractivity contribution is -0.123. The molecule has 12 nitrogen and oxygen atoms in total. The minimum Gasteiger partial charge on any atom is -0.488 e. The Morgan fingerprint density at radius 1 is 0.936 bits per heavy atom. The fourth-order valence-corrected chi connectivity index (χ4v) is 5.47. The number of rotatable bonds is 2. The van der Waals surface area contributed by atoms with Gasteiger partial charge in [-0.1, -0.05) is 12.1 Å². The van der Waals surface area contributed by atoms with Gasteiger partial charge in [0.25, 0.3) is 17.7 Å². The third-order valence-electron chi connectivity index (χ3n) is 7.81. The van der Waals surface area contributed by atoms with Crippen molar-refractivity contribution in [2.24, 2.45) is 0 Å². The van der Waals surface area contributed by atoms with Crippen LogP contribution in [0.15, 0.2) is 79.4 Å². The van der Waals surface area contributed by atoms with Gasteiger partial charge in [-0.3, -0.25) is 24.4 Å². The molecule has 1 saturated heterocycles. The van der Waals surface area contributed by atoms with Crippen LogP contribution in [0, 0.1) is 5.82 Å². The third kappa shape index (κ3) is 7.35. The van der Waals surface area contributed by atoms with E-state index in [4.69, 9.17) is 14.2 Å². The molecule has 2 N–H and O–H groups in total. The number of benzene rings is 2. The maximum Gasteiger partial charge on any atom is 0.339 e. The van der Waals surface area contributed by atoms with E-state index in [0.29, 0.717) is 22.4 Å². The first kappa shape index (κ1) is 31.1. The van der Waals surface area contributed by atoms with Crippen molar-refractivity contribution in [2.45, 2.75) is 25.1 Å². The molecule has 2 aromatic carbocycles. The van der Waals surface area contributed by atoms with Crippen molar-refractivity contribution in [3.63, 3.8) is 0 Å². The van der Waals surface area contributed by atoms with Crippen molar-refractivity contribution in [2.75, 3.05) is 26.8 Å². The van der Waals surface area contributed by atoms with E-state index in [9.17, 15) is 23.6 Å². The van der Waals surface area contributed by atoms with Crippen LogP contribution in [0.1, 0.15) is 43.1 Å². The van der Waals surface area contributed by atoms with Gasteiger partial charge in [-0.05, 0) is 47.5 Å². The van der Waals surface area contributed by atoms with Gasteiger partial charge in [0.2, 0.25) is 0 Å². The smallest absolute Gasteiger partial charge is 0.339 e. The summed E-state index contributed by atoms with van der Waals surface area (Å²) < 4.78 is 31.4. The number of hydrogen-bond acceptors (Lipinski definition) is 9. The van der Waals surface area contributed by atoms with Crippen LogP contribution in [0.4, 0.5) is 4.39 Å². The molecule has 6 rings (SSSR count). The molecule has 13 heteroatoms. The molecule has 4 aromatic rings. The van der Waals surface area contributed by atoms with Crippen LogP contribution in [-0.2, 0) is 16.1 Å². The molecule has 2 aliphatic rings. The number of nitrogens with one attached hydrogen (secondary N) is 2. The summed E-state index contributed by atoms with van der Waals surface area (Å²) in [6, 6.07) is 13.5. The molecular weight excluding hydrogens is 609 g/mol. The minimum absolute atomic E-state index is 0.0274. The summed E-state index contributed by atoms with van der Waals surface area (Å²) in [5.74, 6) is -1.82. The zero-order valence-corrected chi connectivity index (χ0v) is 25.3. The standard InChI is InChI=1S/C34H30FN5O7/c1-45-34(44)25-10-24(16-37-17-25)33(43)40-6-5-30-29(18-40)39-32(42)23-9-22(14-36-15-23)21-3-2-4-27(11-21)46-19-31(41)38-13-20-7-26(35)12-28(8-20)47-30/h2-4,7-12,14-17,29-30H,5-6,13,18-19H2,1H3,(H,38,41)(H,39,42)/t29-,30+/m1/s1. The Balaban J connectivity index is 1.33. The van der Waals surface area contributed by atoms with E-state index in [0.717, 1.165) is 0 Å². The second-order valence-corrected chi connectivity index (χ2v) is 11.1. The predicted molar refractivity (Wildman–Crippen MR) is 165 cm³/mol. The summed E-state index contributed by atoms with van der Waals surface area (Å²) in [6.07, 6.45) is 5.32. The lowest BCUT2D eigenvalue weighted by atomic mass is 9.99. The normalized spacial score (nSPS) is 18.0. The van der Waals surface area contributed by atoms with E-state index in [1.807, 2.05) is 6.07 Å². The molecule has 47 heavy (non-hydrogen) atoms. The van der Waals surface area contributed by atoms with E-state index in [-0.39, 0.29) is 55.1 Å². The minimum atomic E-state index is -0.731. The second kappa shape index (κ2) is 13.6. The summed E-state index contributed by atoms with van der Waals surface area (Å²) in [5.41, 5.74) is 2.38. The highest BCUT2D eigenvalue weighted by atomic mass is 19.1. The van der Waals surface area contributed by atoms with Gasteiger partial charge in [-0.15, -0.1) is 0 Å². The number of halogens is 1. The molecule has 6 bridgehead atoms. The number of nitrogens with zero attached hydrogens (tertiary/aromatic N) is 3.